The maximum atomic E-state index is 13.6. The summed E-state index contributed by atoms with van der Waals surface area (Å²) in [5.74, 6) is -0.861. The van der Waals surface area contributed by atoms with Gasteiger partial charge in [0.15, 0.2) is 0 Å². The minimum Gasteiger partial charge on any atom is -0.480 e. The molecular formula is C24H36F3N3O3. The van der Waals surface area contributed by atoms with Crippen LogP contribution in [0.4, 0.5) is 19.0 Å². The van der Waals surface area contributed by atoms with Crippen LogP contribution in [-0.2, 0) is 22.4 Å². The van der Waals surface area contributed by atoms with E-state index >= 15 is 0 Å². The van der Waals surface area contributed by atoms with Crippen LogP contribution in [-0.4, -0.2) is 54.1 Å². The van der Waals surface area contributed by atoms with Crippen molar-refractivity contribution in [1.29, 1.82) is 0 Å². The lowest BCUT2D eigenvalue weighted by molar-refractivity contribution is -0.178. The molecule has 0 spiro atoms. The molecule has 1 fully saturated rings. The fourth-order valence-electron chi connectivity index (χ4n) is 4.73. The molecular weight excluding hydrogens is 435 g/mol. The second-order valence-corrected chi connectivity index (χ2v) is 9.17. The fraction of sp³-hybridized carbons (Fsp3) is 0.750. The van der Waals surface area contributed by atoms with Crippen LogP contribution in [0.3, 0.4) is 0 Å². The Hall–Kier alpha value is -1.87. The van der Waals surface area contributed by atoms with E-state index in [1.807, 2.05) is 0 Å². The first-order chi connectivity index (χ1) is 15.8. The van der Waals surface area contributed by atoms with Gasteiger partial charge in [-0.25, -0.2) is 4.98 Å². The van der Waals surface area contributed by atoms with Crippen LogP contribution >= 0.6 is 0 Å². The van der Waals surface area contributed by atoms with Gasteiger partial charge >= 0.3 is 12.1 Å². The molecule has 33 heavy (non-hydrogen) atoms. The summed E-state index contributed by atoms with van der Waals surface area (Å²) in [6.07, 6.45) is 3.71. The Morgan fingerprint density at radius 3 is 2.64 bits per heavy atom. The highest BCUT2D eigenvalue weighted by Crippen LogP contribution is 2.32. The fourth-order valence-corrected chi connectivity index (χ4v) is 4.73. The number of halogens is 3. The van der Waals surface area contributed by atoms with Gasteiger partial charge in [-0.1, -0.05) is 31.7 Å². The Labute approximate surface area is 193 Å². The average Bonchev–Trinajstić information content (AvgIpc) is 2.79. The van der Waals surface area contributed by atoms with Crippen molar-refractivity contribution in [3.05, 3.63) is 23.4 Å². The number of rotatable bonds is 12. The number of ether oxygens (including phenoxy) is 1. The summed E-state index contributed by atoms with van der Waals surface area (Å²) < 4.78 is 45.9. The average molecular weight is 472 g/mol. The van der Waals surface area contributed by atoms with Gasteiger partial charge < -0.3 is 15.2 Å². The number of aromatic nitrogens is 1. The molecule has 0 aromatic carbocycles. The summed E-state index contributed by atoms with van der Waals surface area (Å²) in [6, 6.07) is 1.25. The van der Waals surface area contributed by atoms with Gasteiger partial charge in [0.05, 0.1) is 0 Å². The molecule has 0 radical (unpaired) electrons. The number of pyridine rings is 1. The monoisotopic (exact) mass is 471 g/mol. The molecule has 1 aromatic heterocycles. The van der Waals surface area contributed by atoms with E-state index in [1.165, 1.54) is 5.56 Å². The maximum absolute atomic E-state index is 13.6. The van der Waals surface area contributed by atoms with E-state index in [-0.39, 0.29) is 19.6 Å². The Balaban J connectivity index is 1.36. The van der Waals surface area contributed by atoms with Gasteiger partial charge in [-0.2, -0.15) is 13.2 Å². The quantitative estimate of drug-likeness (QED) is 0.383. The number of hydrogen-bond acceptors (Lipinski definition) is 5. The molecule has 0 unspecified atom stereocenters. The van der Waals surface area contributed by atoms with Crippen molar-refractivity contribution in [3.8, 4) is 0 Å². The first kappa shape index (κ1) is 25.7. The van der Waals surface area contributed by atoms with E-state index in [4.69, 9.17) is 9.72 Å². The molecule has 0 bridgehead atoms. The van der Waals surface area contributed by atoms with E-state index in [1.54, 1.807) is 0 Å². The van der Waals surface area contributed by atoms with Crippen molar-refractivity contribution in [2.75, 3.05) is 25.1 Å². The summed E-state index contributed by atoms with van der Waals surface area (Å²) in [6.45, 7) is 1.54. The standard InChI is InChI=1S/C24H36F3N3O3/c25-24(26,27)21(17-12-15-33-16-13-17)30-20(23(31)32)9-5-3-1-2-4-8-19-11-10-18-7-6-14-28-22(18)29-19/h10-11,17,20-21,30H,1-9,12-16H2,(H,28,29)(H,31,32)/t20-,21+/m0/s1. The van der Waals surface area contributed by atoms with Crippen LogP contribution < -0.4 is 10.6 Å². The van der Waals surface area contributed by atoms with Gasteiger partial charge in [0.2, 0.25) is 0 Å². The SMILES string of the molecule is O=C(O)[C@H](CCCCCCCc1ccc2c(n1)NCCC2)N[C@H](C1CCOCC1)C(F)(F)F. The van der Waals surface area contributed by atoms with Gasteiger partial charge in [0.25, 0.3) is 0 Å². The van der Waals surface area contributed by atoms with Crippen molar-refractivity contribution in [2.24, 2.45) is 5.92 Å². The first-order valence-electron chi connectivity index (χ1n) is 12.2. The van der Waals surface area contributed by atoms with Crippen LogP contribution in [0, 0.1) is 5.92 Å². The zero-order valence-corrected chi connectivity index (χ0v) is 19.1. The number of aryl methyl sites for hydroxylation is 2. The number of aliphatic carboxylic acids is 1. The largest absolute Gasteiger partial charge is 0.480 e. The number of carboxylic acids is 1. The molecule has 3 rings (SSSR count). The Morgan fingerprint density at radius 1 is 1.18 bits per heavy atom. The number of hydrogen-bond donors (Lipinski definition) is 3. The predicted molar refractivity (Wildman–Crippen MR) is 120 cm³/mol. The second-order valence-electron chi connectivity index (χ2n) is 9.17. The minimum absolute atomic E-state index is 0.198. The predicted octanol–water partition coefficient (Wildman–Crippen LogP) is 4.72. The highest BCUT2D eigenvalue weighted by Gasteiger charge is 2.46. The van der Waals surface area contributed by atoms with Gasteiger partial charge in [0, 0.05) is 25.5 Å². The lowest BCUT2D eigenvalue weighted by Gasteiger charge is -2.34. The Kier molecular flexibility index (Phi) is 9.79. The van der Waals surface area contributed by atoms with Crippen molar-refractivity contribution >= 4 is 11.8 Å². The smallest absolute Gasteiger partial charge is 0.404 e. The van der Waals surface area contributed by atoms with Crippen LogP contribution in [0.15, 0.2) is 12.1 Å². The van der Waals surface area contributed by atoms with Crippen LogP contribution in [0.25, 0.3) is 0 Å². The van der Waals surface area contributed by atoms with E-state index in [9.17, 15) is 23.1 Å². The Morgan fingerprint density at radius 2 is 1.91 bits per heavy atom. The lowest BCUT2D eigenvalue weighted by Crippen LogP contribution is -2.54. The van der Waals surface area contributed by atoms with Crippen LogP contribution in [0.1, 0.15) is 69.0 Å². The van der Waals surface area contributed by atoms with Crippen LogP contribution in [0.5, 0.6) is 0 Å². The van der Waals surface area contributed by atoms with Crippen molar-refractivity contribution in [2.45, 2.75) is 88.9 Å². The number of nitrogens with one attached hydrogen (secondary N) is 2. The highest BCUT2D eigenvalue weighted by molar-refractivity contribution is 5.73. The van der Waals surface area contributed by atoms with E-state index in [2.05, 4.69) is 22.8 Å². The highest BCUT2D eigenvalue weighted by atomic mass is 19.4. The molecule has 2 aliphatic heterocycles. The number of carboxylic acid groups (broad SMARTS) is 1. The van der Waals surface area contributed by atoms with E-state index < -0.39 is 30.1 Å². The molecule has 0 aliphatic carbocycles. The zero-order chi connectivity index (χ0) is 23.7. The number of anilines is 1. The summed E-state index contributed by atoms with van der Waals surface area (Å²) in [5.41, 5.74) is 2.35. The van der Waals surface area contributed by atoms with Crippen LogP contribution in [0.2, 0.25) is 0 Å². The molecule has 1 saturated heterocycles. The van der Waals surface area contributed by atoms with Gasteiger partial charge in [-0.3, -0.25) is 10.1 Å². The molecule has 6 nitrogen and oxygen atoms in total. The number of unbranched alkanes of at least 4 members (excludes halogenated alkanes) is 4. The summed E-state index contributed by atoms with van der Waals surface area (Å²) in [7, 11) is 0. The Bertz CT molecular complexity index is 754. The number of fused-ring (bicyclic) bond motifs is 1. The molecule has 1 aromatic rings. The van der Waals surface area contributed by atoms with Crippen molar-refractivity contribution in [3.63, 3.8) is 0 Å². The molecule has 0 amide bonds. The maximum Gasteiger partial charge on any atom is 0.404 e. The van der Waals surface area contributed by atoms with E-state index in [0.29, 0.717) is 19.3 Å². The number of alkyl halides is 3. The number of carbonyl (C=O) groups is 1. The third-order valence-electron chi connectivity index (χ3n) is 6.65. The molecule has 2 atom stereocenters. The van der Waals surface area contributed by atoms with Gasteiger partial charge in [-0.15, -0.1) is 0 Å². The van der Waals surface area contributed by atoms with Crippen molar-refractivity contribution in [1.82, 2.24) is 10.3 Å². The van der Waals surface area contributed by atoms with Crippen molar-refractivity contribution < 1.29 is 27.8 Å². The molecule has 0 saturated carbocycles. The number of nitrogens with zero attached hydrogens (tertiary/aromatic N) is 1. The van der Waals surface area contributed by atoms with E-state index in [0.717, 1.165) is 63.0 Å². The zero-order valence-electron chi connectivity index (χ0n) is 19.1. The molecule has 3 heterocycles. The summed E-state index contributed by atoms with van der Waals surface area (Å²) in [5, 5.41) is 15.2. The topological polar surface area (TPSA) is 83.5 Å². The third-order valence-corrected chi connectivity index (χ3v) is 6.65. The molecule has 9 heteroatoms. The summed E-state index contributed by atoms with van der Waals surface area (Å²) in [4.78, 5) is 16.3. The molecule has 2 aliphatic rings. The first-order valence-corrected chi connectivity index (χ1v) is 12.2. The molecule has 3 N–H and O–H groups in total. The summed E-state index contributed by atoms with van der Waals surface area (Å²) >= 11 is 0. The normalized spacial score (nSPS) is 18.9. The van der Waals surface area contributed by atoms with Gasteiger partial charge in [0.1, 0.15) is 17.9 Å². The van der Waals surface area contributed by atoms with Gasteiger partial charge in [-0.05, 0) is 62.5 Å². The third kappa shape index (κ3) is 8.14. The lowest BCUT2D eigenvalue weighted by atomic mass is 9.90. The second kappa shape index (κ2) is 12.6. The molecule has 186 valence electrons. The minimum atomic E-state index is -4.48.